The molecule has 4 heteroatoms. The summed E-state index contributed by atoms with van der Waals surface area (Å²) in [4.78, 5) is 17.0. The fraction of sp³-hybridized carbons (Fsp3) is 0.278. The van der Waals surface area contributed by atoms with Gasteiger partial charge in [-0.2, -0.15) is 5.06 Å². The maximum absolute atomic E-state index is 11.4. The van der Waals surface area contributed by atoms with Crippen LogP contribution in [0.25, 0.3) is 0 Å². The molecule has 22 heavy (non-hydrogen) atoms. The first-order chi connectivity index (χ1) is 10.5. The number of rotatable bonds is 6. The minimum absolute atomic E-state index is 0.431. The molecule has 0 atom stereocenters. The zero-order valence-electron chi connectivity index (χ0n) is 13.2. The predicted octanol–water partition coefficient (Wildman–Crippen LogP) is 3.96. The van der Waals surface area contributed by atoms with E-state index >= 15 is 0 Å². The van der Waals surface area contributed by atoms with Gasteiger partial charge in [-0.1, -0.05) is 42.5 Å². The Morgan fingerprint density at radius 3 is 2.27 bits per heavy atom. The first-order valence-electron chi connectivity index (χ1n) is 7.19. The maximum atomic E-state index is 11.4. The van der Waals surface area contributed by atoms with Crippen LogP contribution in [0.4, 0.5) is 5.69 Å². The summed E-state index contributed by atoms with van der Waals surface area (Å²) in [6, 6.07) is 17.2. The van der Waals surface area contributed by atoms with Crippen LogP contribution in [0, 0.1) is 0 Å². The maximum Gasteiger partial charge on any atom is 0.238 e. The van der Waals surface area contributed by atoms with E-state index < -0.39 is 5.60 Å². The molecular weight excluding hydrogens is 278 g/mol. The smallest absolute Gasteiger partial charge is 0.238 e. The highest BCUT2D eigenvalue weighted by molar-refractivity contribution is 5.76. The number of ether oxygens (including phenoxy) is 1. The molecule has 0 saturated heterocycles. The molecule has 2 aromatic carbocycles. The fourth-order valence-corrected chi connectivity index (χ4v) is 1.92. The van der Waals surface area contributed by atoms with Gasteiger partial charge in [0.2, 0.25) is 6.41 Å². The highest BCUT2D eigenvalue weighted by Crippen LogP contribution is 2.29. The lowest BCUT2D eigenvalue weighted by atomic mass is 10.2. The molecule has 0 bridgehead atoms. The van der Waals surface area contributed by atoms with Crippen LogP contribution in [-0.4, -0.2) is 12.0 Å². The van der Waals surface area contributed by atoms with Gasteiger partial charge in [0, 0.05) is 0 Å². The zero-order valence-corrected chi connectivity index (χ0v) is 13.2. The van der Waals surface area contributed by atoms with Gasteiger partial charge in [-0.05, 0) is 38.5 Å². The van der Waals surface area contributed by atoms with Crippen molar-refractivity contribution in [3.63, 3.8) is 0 Å². The fourth-order valence-electron chi connectivity index (χ4n) is 1.92. The van der Waals surface area contributed by atoms with Crippen molar-refractivity contribution in [2.45, 2.75) is 33.0 Å². The minimum atomic E-state index is -0.479. The van der Waals surface area contributed by atoms with E-state index in [0.717, 1.165) is 5.56 Å². The van der Waals surface area contributed by atoms with Crippen LogP contribution in [0.1, 0.15) is 26.3 Å². The first-order valence-corrected chi connectivity index (χ1v) is 7.19. The molecule has 116 valence electrons. The topological polar surface area (TPSA) is 38.8 Å². The highest BCUT2D eigenvalue weighted by atomic mass is 16.7. The molecule has 0 aliphatic carbocycles. The molecule has 2 aromatic rings. The first kappa shape index (κ1) is 16.0. The average molecular weight is 299 g/mol. The quantitative estimate of drug-likeness (QED) is 0.598. The Labute approximate surface area is 131 Å². The Kier molecular flexibility index (Phi) is 5.17. The summed E-state index contributed by atoms with van der Waals surface area (Å²) < 4.78 is 5.84. The van der Waals surface area contributed by atoms with Gasteiger partial charge in [-0.25, -0.2) is 0 Å². The largest absolute Gasteiger partial charge is 0.487 e. The van der Waals surface area contributed by atoms with E-state index in [2.05, 4.69) is 0 Å². The van der Waals surface area contributed by atoms with E-state index in [-0.39, 0.29) is 0 Å². The molecular formula is C18H21NO3. The number of para-hydroxylation sites is 2. The van der Waals surface area contributed by atoms with Crippen LogP contribution in [0.15, 0.2) is 54.6 Å². The van der Waals surface area contributed by atoms with Crippen LogP contribution in [-0.2, 0) is 16.2 Å². The molecule has 2 rings (SSSR count). The lowest BCUT2D eigenvalue weighted by molar-refractivity contribution is -0.120. The van der Waals surface area contributed by atoms with E-state index in [1.807, 2.05) is 69.3 Å². The van der Waals surface area contributed by atoms with E-state index in [1.165, 1.54) is 5.06 Å². The van der Waals surface area contributed by atoms with Crippen molar-refractivity contribution in [2.24, 2.45) is 0 Å². The SMILES string of the molecule is CC(C)(C)ON(C=O)c1ccccc1OCc1ccccc1. The van der Waals surface area contributed by atoms with Crippen molar-refractivity contribution in [3.05, 3.63) is 60.2 Å². The van der Waals surface area contributed by atoms with E-state index in [4.69, 9.17) is 9.57 Å². The summed E-state index contributed by atoms with van der Waals surface area (Å²) in [6.07, 6.45) is 0.649. The third-order valence-electron chi connectivity index (χ3n) is 2.81. The van der Waals surface area contributed by atoms with E-state index in [1.54, 1.807) is 6.07 Å². The monoisotopic (exact) mass is 299 g/mol. The Morgan fingerprint density at radius 1 is 1.00 bits per heavy atom. The summed E-state index contributed by atoms with van der Waals surface area (Å²) >= 11 is 0. The molecule has 0 fully saturated rings. The number of benzene rings is 2. The van der Waals surface area contributed by atoms with Crippen LogP contribution >= 0.6 is 0 Å². The number of hydrogen-bond acceptors (Lipinski definition) is 3. The van der Waals surface area contributed by atoms with Crippen LogP contribution in [0.5, 0.6) is 5.75 Å². The molecule has 0 radical (unpaired) electrons. The summed E-state index contributed by atoms with van der Waals surface area (Å²) in [5, 5.41) is 1.21. The van der Waals surface area contributed by atoms with Crippen LogP contribution < -0.4 is 9.80 Å². The second kappa shape index (κ2) is 7.09. The van der Waals surface area contributed by atoms with Crippen LogP contribution in [0.2, 0.25) is 0 Å². The third kappa shape index (κ3) is 4.60. The number of amides is 1. The van der Waals surface area contributed by atoms with Gasteiger partial charge < -0.3 is 4.74 Å². The minimum Gasteiger partial charge on any atom is -0.487 e. The highest BCUT2D eigenvalue weighted by Gasteiger charge is 2.20. The Balaban J connectivity index is 2.16. The number of nitrogens with zero attached hydrogens (tertiary/aromatic N) is 1. The number of hydroxylamine groups is 1. The molecule has 0 heterocycles. The number of hydrogen-bond donors (Lipinski definition) is 0. The lowest BCUT2D eigenvalue weighted by Crippen LogP contribution is -2.33. The summed E-state index contributed by atoms with van der Waals surface area (Å²) in [7, 11) is 0. The zero-order chi connectivity index (χ0) is 16.0. The second-order valence-corrected chi connectivity index (χ2v) is 5.88. The molecule has 0 unspecified atom stereocenters. The Bertz CT molecular complexity index is 605. The molecule has 0 aliphatic heterocycles. The van der Waals surface area contributed by atoms with Gasteiger partial charge in [-0.15, -0.1) is 0 Å². The van der Waals surface area contributed by atoms with Crippen molar-refractivity contribution >= 4 is 12.1 Å². The standard InChI is InChI=1S/C18H21NO3/c1-18(2,3)22-19(14-20)16-11-7-8-12-17(16)21-13-15-9-5-4-6-10-15/h4-12,14H,13H2,1-3H3. The second-order valence-electron chi connectivity index (χ2n) is 5.88. The van der Waals surface area contributed by atoms with Crippen molar-refractivity contribution in [1.29, 1.82) is 0 Å². The molecule has 0 spiro atoms. The van der Waals surface area contributed by atoms with Gasteiger partial charge in [0.25, 0.3) is 0 Å². The van der Waals surface area contributed by atoms with Gasteiger partial charge in [0.05, 0.1) is 5.60 Å². The summed E-state index contributed by atoms with van der Waals surface area (Å²) in [5.41, 5.74) is 1.17. The van der Waals surface area contributed by atoms with E-state index in [9.17, 15) is 4.79 Å². The van der Waals surface area contributed by atoms with Gasteiger partial charge in [-0.3, -0.25) is 9.63 Å². The van der Waals surface area contributed by atoms with Gasteiger partial charge in [0.15, 0.2) is 0 Å². The number of carbonyl (C=O) groups is 1. The Hall–Kier alpha value is -2.33. The third-order valence-corrected chi connectivity index (χ3v) is 2.81. The predicted molar refractivity (Wildman–Crippen MR) is 86.6 cm³/mol. The number of anilines is 1. The molecule has 0 aromatic heterocycles. The average Bonchev–Trinajstić information content (AvgIpc) is 2.51. The van der Waals surface area contributed by atoms with Crippen molar-refractivity contribution in [1.82, 2.24) is 0 Å². The summed E-state index contributed by atoms with van der Waals surface area (Å²) in [5.74, 6) is 0.600. The van der Waals surface area contributed by atoms with Gasteiger partial charge in [0.1, 0.15) is 18.0 Å². The molecule has 1 amide bonds. The lowest BCUT2D eigenvalue weighted by Gasteiger charge is -2.27. The van der Waals surface area contributed by atoms with Crippen molar-refractivity contribution in [3.8, 4) is 5.75 Å². The molecule has 4 nitrogen and oxygen atoms in total. The van der Waals surface area contributed by atoms with E-state index in [0.29, 0.717) is 24.5 Å². The molecule has 0 saturated carbocycles. The van der Waals surface area contributed by atoms with Crippen molar-refractivity contribution < 1.29 is 14.4 Å². The van der Waals surface area contributed by atoms with Crippen LogP contribution in [0.3, 0.4) is 0 Å². The summed E-state index contributed by atoms with van der Waals surface area (Å²) in [6.45, 7) is 6.09. The number of carbonyl (C=O) groups excluding carboxylic acids is 1. The molecule has 0 aliphatic rings. The normalized spacial score (nSPS) is 11.0. The van der Waals surface area contributed by atoms with Crippen molar-refractivity contribution in [2.75, 3.05) is 5.06 Å². The Morgan fingerprint density at radius 2 is 1.64 bits per heavy atom. The van der Waals surface area contributed by atoms with Gasteiger partial charge >= 0.3 is 0 Å². The molecule has 0 N–H and O–H groups in total.